The van der Waals surface area contributed by atoms with E-state index in [0.29, 0.717) is 12.2 Å². The first-order valence-electron chi connectivity index (χ1n) is 5.95. The molecule has 2 heterocycles. The summed E-state index contributed by atoms with van der Waals surface area (Å²) in [6.45, 7) is 0.717. The van der Waals surface area contributed by atoms with E-state index < -0.39 is 0 Å². The molecule has 0 spiro atoms. The quantitative estimate of drug-likeness (QED) is 0.745. The molecule has 0 atom stereocenters. The smallest absolute Gasteiger partial charge is 0.276 e. The minimum Gasteiger partial charge on any atom is -0.398 e. The number of nitrogen functional groups attached to an aromatic ring is 1. The maximum absolute atomic E-state index is 12.3. The molecule has 1 aromatic heterocycles. The van der Waals surface area contributed by atoms with E-state index >= 15 is 0 Å². The van der Waals surface area contributed by atoms with Gasteiger partial charge in [-0.3, -0.25) is 4.79 Å². The summed E-state index contributed by atoms with van der Waals surface area (Å²) < 4.78 is 0. The molecule has 0 saturated carbocycles. The molecule has 2 aromatic rings. The second-order valence-electron chi connectivity index (χ2n) is 4.37. The van der Waals surface area contributed by atoms with Gasteiger partial charge < -0.3 is 15.6 Å². The van der Waals surface area contributed by atoms with Gasteiger partial charge in [-0.1, -0.05) is 6.07 Å². The Morgan fingerprint density at radius 3 is 3.11 bits per heavy atom. The van der Waals surface area contributed by atoms with Crippen molar-refractivity contribution in [3.63, 3.8) is 0 Å². The summed E-state index contributed by atoms with van der Waals surface area (Å²) >= 11 is 0. The number of rotatable bonds is 1. The fraction of sp³-hybridized carbons (Fsp3) is 0.231. The average Bonchev–Trinajstić information content (AvgIpc) is 2.92. The second-order valence-corrected chi connectivity index (χ2v) is 4.37. The lowest BCUT2D eigenvalue weighted by molar-refractivity contribution is 0.0981. The van der Waals surface area contributed by atoms with E-state index in [0.717, 1.165) is 29.8 Å². The Labute approximate surface area is 105 Å². The normalized spacial score (nSPS) is 14.3. The summed E-state index contributed by atoms with van der Waals surface area (Å²) in [5, 5.41) is 0. The summed E-state index contributed by atoms with van der Waals surface area (Å²) in [6, 6.07) is 5.70. The molecule has 0 unspecified atom stereocenters. The van der Waals surface area contributed by atoms with Crippen molar-refractivity contribution in [3.05, 3.63) is 42.0 Å². The predicted octanol–water partition coefficient (Wildman–Crippen LogP) is 1.58. The minimum absolute atomic E-state index is 0.0564. The van der Waals surface area contributed by atoms with Crippen LogP contribution >= 0.6 is 0 Å². The maximum Gasteiger partial charge on any atom is 0.276 e. The number of aromatic amines is 1. The predicted molar refractivity (Wildman–Crippen MR) is 69.4 cm³/mol. The molecule has 3 rings (SSSR count). The van der Waals surface area contributed by atoms with E-state index in [1.165, 1.54) is 6.33 Å². The molecule has 92 valence electrons. The van der Waals surface area contributed by atoms with E-state index in [4.69, 9.17) is 5.73 Å². The zero-order chi connectivity index (χ0) is 12.5. The molecule has 5 nitrogen and oxygen atoms in total. The third kappa shape index (κ3) is 1.64. The standard InChI is InChI=1S/C13H14N4O/c14-10-4-1-5-12-9(10)3-2-6-17(12)13(18)11-7-15-8-16-11/h1,4-5,7-8H,2-3,6,14H2,(H,15,16). The van der Waals surface area contributed by atoms with Gasteiger partial charge in [-0.05, 0) is 30.5 Å². The SMILES string of the molecule is Nc1cccc2c1CCCN2C(=O)c1cnc[nH]1. The van der Waals surface area contributed by atoms with Crippen molar-refractivity contribution < 1.29 is 4.79 Å². The molecule has 0 bridgehead atoms. The van der Waals surface area contributed by atoms with Crippen molar-refractivity contribution in [1.29, 1.82) is 0 Å². The molecule has 1 aliphatic rings. The van der Waals surface area contributed by atoms with E-state index in [-0.39, 0.29) is 5.91 Å². The highest BCUT2D eigenvalue weighted by Crippen LogP contribution is 2.31. The van der Waals surface area contributed by atoms with Crippen molar-refractivity contribution >= 4 is 17.3 Å². The number of nitrogens with zero attached hydrogens (tertiary/aromatic N) is 2. The number of aromatic nitrogens is 2. The Balaban J connectivity index is 2.02. The lowest BCUT2D eigenvalue weighted by atomic mass is 9.99. The number of fused-ring (bicyclic) bond motifs is 1. The van der Waals surface area contributed by atoms with Crippen molar-refractivity contribution in [1.82, 2.24) is 9.97 Å². The van der Waals surface area contributed by atoms with Crippen LogP contribution < -0.4 is 10.6 Å². The number of anilines is 2. The van der Waals surface area contributed by atoms with Crippen LogP contribution in [0.15, 0.2) is 30.7 Å². The van der Waals surface area contributed by atoms with Gasteiger partial charge in [0, 0.05) is 17.9 Å². The van der Waals surface area contributed by atoms with Crippen LogP contribution in [0.25, 0.3) is 0 Å². The van der Waals surface area contributed by atoms with Crippen molar-refractivity contribution in [2.24, 2.45) is 0 Å². The molecule has 0 radical (unpaired) electrons. The molecule has 0 saturated heterocycles. The first-order chi connectivity index (χ1) is 8.77. The average molecular weight is 242 g/mol. The largest absolute Gasteiger partial charge is 0.398 e. The summed E-state index contributed by atoms with van der Waals surface area (Å²) in [5.41, 5.74) is 9.21. The second kappa shape index (κ2) is 4.18. The maximum atomic E-state index is 12.3. The highest BCUT2D eigenvalue weighted by Gasteiger charge is 2.25. The monoisotopic (exact) mass is 242 g/mol. The van der Waals surface area contributed by atoms with Crippen LogP contribution in [-0.2, 0) is 6.42 Å². The fourth-order valence-corrected chi connectivity index (χ4v) is 2.38. The first-order valence-corrected chi connectivity index (χ1v) is 5.95. The Morgan fingerprint density at radius 2 is 2.33 bits per heavy atom. The van der Waals surface area contributed by atoms with Crippen molar-refractivity contribution in [2.75, 3.05) is 17.2 Å². The van der Waals surface area contributed by atoms with E-state index in [1.54, 1.807) is 11.1 Å². The van der Waals surface area contributed by atoms with E-state index in [1.807, 2.05) is 18.2 Å². The Bertz CT molecular complexity index is 577. The summed E-state index contributed by atoms with van der Waals surface area (Å²) in [4.78, 5) is 20.8. The zero-order valence-corrected chi connectivity index (χ0v) is 9.89. The van der Waals surface area contributed by atoms with Gasteiger partial charge in [0.15, 0.2) is 0 Å². The first kappa shape index (κ1) is 10.8. The Hall–Kier alpha value is -2.30. The summed E-state index contributed by atoms with van der Waals surface area (Å²) in [5.74, 6) is -0.0564. The molecule has 1 aromatic carbocycles. The van der Waals surface area contributed by atoms with Gasteiger partial charge in [0.2, 0.25) is 0 Å². The molecule has 3 N–H and O–H groups in total. The number of nitrogens with two attached hydrogens (primary N) is 1. The Kier molecular flexibility index (Phi) is 2.51. The van der Waals surface area contributed by atoms with Gasteiger partial charge in [-0.2, -0.15) is 0 Å². The van der Waals surface area contributed by atoms with E-state index in [9.17, 15) is 4.79 Å². The number of hydrogen-bond donors (Lipinski definition) is 2. The number of hydrogen-bond acceptors (Lipinski definition) is 3. The molecule has 1 amide bonds. The van der Waals surface area contributed by atoms with Crippen molar-refractivity contribution in [2.45, 2.75) is 12.8 Å². The van der Waals surface area contributed by atoms with Crippen molar-refractivity contribution in [3.8, 4) is 0 Å². The van der Waals surface area contributed by atoms with Crippen LogP contribution in [-0.4, -0.2) is 22.4 Å². The van der Waals surface area contributed by atoms with Gasteiger partial charge in [-0.25, -0.2) is 4.98 Å². The third-order valence-electron chi connectivity index (χ3n) is 3.26. The molecule has 1 aliphatic heterocycles. The summed E-state index contributed by atoms with van der Waals surface area (Å²) in [6.07, 6.45) is 4.91. The molecule has 0 fully saturated rings. The number of imidazole rings is 1. The molecular weight excluding hydrogens is 228 g/mol. The number of carbonyl (C=O) groups is 1. The number of H-pyrrole nitrogens is 1. The van der Waals surface area contributed by atoms with Crippen LogP contribution in [0, 0.1) is 0 Å². The fourth-order valence-electron chi connectivity index (χ4n) is 2.38. The van der Waals surface area contributed by atoms with Crippen LogP contribution in [0.3, 0.4) is 0 Å². The van der Waals surface area contributed by atoms with Gasteiger partial charge in [0.1, 0.15) is 5.69 Å². The number of nitrogens with one attached hydrogen (secondary N) is 1. The van der Waals surface area contributed by atoms with Crippen LogP contribution in [0.5, 0.6) is 0 Å². The minimum atomic E-state index is -0.0564. The number of carbonyl (C=O) groups excluding carboxylic acids is 1. The van der Waals surface area contributed by atoms with Crippen LogP contribution in [0.4, 0.5) is 11.4 Å². The number of amides is 1. The van der Waals surface area contributed by atoms with E-state index in [2.05, 4.69) is 9.97 Å². The van der Waals surface area contributed by atoms with Gasteiger partial charge in [0.25, 0.3) is 5.91 Å². The molecular formula is C13H14N4O. The van der Waals surface area contributed by atoms with Gasteiger partial charge in [0.05, 0.1) is 12.5 Å². The highest BCUT2D eigenvalue weighted by atomic mass is 16.2. The number of benzene rings is 1. The lowest BCUT2D eigenvalue weighted by Crippen LogP contribution is -2.35. The summed E-state index contributed by atoms with van der Waals surface area (Å²) in [7, 11) is 0. The van der Waals surface area contributed by atoms with Crippen LogP contribution in [0.1, 0.15) is 22.5 Å². The molecule has 5 heteroatoms. The van der Waals surface area contributed by atoms with Gasteiger partial charge in [-0.15, -0.1) is 0 Å². The topological polar surface area (TPSA) is 75.0 Å². The zero-order valence-electron chi connectivity index (χ0n) is 9.89. The molecule has 18 heavy (non-hydrogen) atoms. The van der Waals surface area contributed by atoms with Crippen LogP contribution in [0.2, 0.25) is 0 Å². The third-order valence-corrected chi connectivity index (χ3v) is 3.26. The van der Waals surface area contributed by atoms with Gasteiger partial charge >= 0.3 is 0 Å². The molecule has 0 aliphatic carbocycles. The lowest BCUT2D eigenvalue weighted by Gasteiger charge is -2.29. The highest BCUT2D eigenvalue weighted by molar-refractivity contribution is 6.05. The Morgan fingerprint density at radius 1 is 1.44 bits per heavy atom.